The molecule has 1 aromatic rings. The summed E-state index contributed by atoms with van der Waals surface area (Å²) in [5.74, 6) is -0.343. The first-order valence-electron chi connectivity index (χ1n) is 5.22. The van der Waals surface area contributed by atoms with Crippen LogP contribution in [0.25, 0.3) is 0 Å². The molecule has 0 aromatic heterocycles. The van der Waals surface area contributed by atoms with E-state index in [1.54, 1.807) is 4.90 Å². The molecule has 1 aliphatic rings. The number of carbonyl (C=O) groups excluding carboxylic acids is 1. The highest BCUT2D eigenvalue weighted by Crippen LogP contribution is 2.34. The molecule has 0 spiro atoms. The minimum Gasteiger partial charge on any atom is -0.405 e. The molecule has 1 amide bonds. The van der Waals surface area contributed by atoms with Gasteiger partial charge in [-0.3, -0.25) is 4.79 Å². The average Bonchev–Trinajstić information content (AvgIpc) is 2.66. The third kappa shape index (κ3) is 2.95. The lowest BCUT2D eigenvalue weighted by Gasteiger charge is -2.17. The summed E-state index contributed by atoms with van der Waals surface area (Å²) in [6.07, 6.45) is -3.50. The fourth-order valence-corrected chi connectivity index (χ4v) is 2.23. The van der Waals surface area contributed by atoms with E-state index in [1.165, 1.54) is 18.2 Å². The maximum Gasteiger partial charge on any atom is 0.573 e. The second-order valence-corrected chi connectivity index (χ2v) is 4.67. The second kappa shape index (κ2) is 4.79. The van der Waals surface area contributed by atoms with E-state index in [2.05, 4.69) is 20.7 Å². The van der Waals surface area contributed by atoms with Gasteiger partial charge in [0.1, 0.15) is 5.75 Å². The van der Waals surface area contributed by atoms with Crippen LogP contribution in [0.4, 0.5) is 18.9 Å². The Morgan fingerprint density at radius 3 is 2.56 bits per heavy atom. The average molecular weight is 324 g/mol. The smallest absolute Gasteiger partial charge is 0.405 e. The summed E-state index contributed by atoms with van der Waals surface area (Å²) in [5, 5.41) is 0. The van der Waals surface area contributed by atoms with Crippen LogP contribution in [0.3, 0.4) is 0 Å². The predicted octanol–water partition coefficient (Wildman–Crippen LogP) is 3.47. The maximum atomic E-state index is 12.1. The van der Waals surface area contributed by atoms with Gasteiger partial charge in [-0.05, 0) is 40.5 Å². The third-order valence-corrected chi connectivity index (χ3v) is 3.15. The fourth-order valence-electron chi connectivity index (χ4n) is 1.79. The molecule has 0 saturated carbocycles. The largest absolute Gasteiger partial charge is 0.573 e. The van der Waals surface area contributed by atoms with Gasteiger partial charge in [0.25, 0.3) is 0 Å². The van der Waals surface area contributed by atoms with Gasteiger partial charge in [-0.25, -0.2) is 0 Å². The normalized spacial score (nSPS) is 16.2. The van der Waals surface area contributed by atoms with Crippen molar-refractivity contribution in [1.29, 1.82) is 0 Å². The Bertz CT molecular complexity index is 476. The van der Waals surface area contributed by atoms with Crippen molar-refractivity contribution in [3.8, 4) is 5.75 Å². The van der Waals surface area contributed by atoms with Crippen LogP contribution in [0, 0.1) is 0 Å². The summed E-state index contributed by atoms with van der Waals surface area (Å²) in [6, 6.07) is 4.08. The van der Waals surface area contributed by atoms with Crippen LogP contribution < -0.4 is 9.64 Å². The molecule has 98 valence electrons. The van der Waals surface area contributed by atoms with Gasteiger partial charge in [-0.1, -0.05) is 0 Å². The summed E-state index contributed by atoms with van der Waals surface area (Å²) < 4.78 is 40.2. The Kier molecular flexibility index (Phi) is 3.52. The number of ether oxygens (including phenoxy) is 1. The Hall–Kier alpha value is -1.24. The van der Waals surface area contributed by atoms with E-state index in [9.17, 15) is 18.0 Å². The molecular formula is C11H9BrF3NO2. The van der Waals surface area contributed by atoms with Gasteiger partial charge in [-0.2, -0.15) is 0 Å². The first-order chi connectivity index (χ1) is 8.37. The van der Waals surface area contributed by atoms with E-state index in [-0.39, 0.29) is 16.1 Å². The molecule has 1 saturated heterocycles. The van der Waals surface area contributed by atoms with Gasteiger partial charge >= 0.3 is 6.36 Å². The highest BCUT2D eigenvalue weighted by molar-refractivity contribution is 9.10. The summed E-state index contributed by atoms with van der Waals surface area (Å²) >= 11 is 3.00. The van der Waals surface area contributed by atoms with Crippen LogP contribution in [-0.2, 0) is 4.79 Å². The Morgan fingerprint density at radius 1 is 1.33 bits per heavy atom. The summed E-state index contributed by atoms with van der Waals surface area (Å²) in [6.45, 7) is 0.588. The van der Waals surface area contributed by atoms with Gasteiger partial charge in [0.2, 0.25) is 5.91 Å². The summed E-state index contributed by atoms with van der Waals surface area (Å²) in [7, 11) is 0. The highest BCUT2D eigenvalue weighted by Gasteiger charge is 2.32. The minimum atomic E-state index is -4.73. The molecule has 0 unspecified atom stereocenters. The molecule has 18 heavy (non-hydrogen) atoms. The lowest BCUT2D eigenvalue weighted by atomic mass is 10.3. The molecule has 1 aromatic carbocycles. The Morgan fingerprint density at radius 2 is 2.06 bits per heavy atom. The highest BCUT2D eigenvalue weighted by atomic mass is 79.9. The van der Waals surface area contributed by atoms with E-state index in [0.717, 1.165) is 6.42 Å². The zero-order valence-corrected chi connectivity index (χ0v) is 10.7. The molecule has 0 N–H and O–H groups in total. The molecule has 1 heterocycles. The van der Waals surface area contributed by atoms with Gasteiger partial charge in [-0.15, -0.1) is 13.2 Å². The molecule has 2 rings (SSSR count). The number of hydrogen-bond donors (Lipinski definition) is 0. The topological polar surface area (TPSA) is 29.5 Å². The van der Waals surface area contributed by atoms with Crippen LogP contribution in [0.2, 0.25) is 0 Å². The monoisotopic (exact) mass is 323 g/mol. The van der Waals surface area contributed by atoms with Crippen molar-refractivity contribution in [3.63, 3.8) is 0 Å². The number of nitrogens with zero attached hydrogens (tertiary/aromatic N) is 1. The number of amides is 1. The molecule has 7 heteroatoms. The van der Waals surface area contributed by atoms with Crippen molar-refractivity contribution in [2.24, 2.45) is 0 Å². The number of halogens is 4. The first kappa shape index (κ1) is 13.2. The van der Waals surface area contributed by atoms with Crippen LogP contribution in [-0.4, -0.2) is 18.8 Å². The standard InChI is InChI=1S/C11H9BrF3NO2/c12-8-6-7(16-5-1-2-10(16)17)3-4-9(8)18-11(13,14)15/h3-4,6H,1-2,5H2. The number of alkyl halides is 3. The van der Waals surface area contributed by atoms with Crippen molar-refractivity contribution in [2.45, 2.75) is 19.2 Å². The maximum absolute atomic E-state index is 12.1. The van der Waals surface area contributed by atoms with E-state index >= 15 is 0 Å². The van der Waals surface area contributed by atoms with Gasteiger partial charge in [0.15, 0.2) is 0 Å². The van der Waals surface area contributed by atoms with Crippen molar-refractivity contribution >= 4 is 27.5 Å². The molecule has 1 aliphatic heterocycles. The van der Waals surface area contributed by atoms with Crippen LogP contribution >= 0.6 is 15.9 Å². The van der Waals surface area contributed by atoms with E-state index in [0.29, 0.717) is 18.7 Å². The van der Waals surface area contributed by atoms with E-state index < -0.39 is 6.36 Å². The van der Waals surface area contributed by atoms with Gasteiger partial charge in [0, 0.05) is 18.7 Å². The number of rotatable bonds is 2. The van der Waals surface area contributed by atoms with Crippen molar-refractivity contribution in [3.05, 3.63) is 22.7 Å². The number of anilines is 1. The zero-order chi connectivity index (χ0) is 13.3. The first-order valence-corrected chi connectivity index (χ1v) is 6.02. The van der Waals surface area contributed by atoms with E-state index in [1.807, 2.05) is 0 Å². The number of carbonyl (C=O) groups is 1. The van der Waals surface area contributed by atoms with Crippen LogP contribution in [0.5, 0.6) is 5.75 Å². The zero-order valence-electron chi connectivity index (χ0n) is 9.13. The molecule has 3 nitrogen and oxygen atoms in total. The van der Waals surface area contributed by atoms with Crippen molar-refractivity contribution in [2.75, 3.05) is 11.4 Å². The molecular weight excluding hydrogens is 315 g/mol. The SMILES string of the molecule is O=C1CCCN1c1ccc(OC(F)(F)F)c(Br)c1. The Labute approximate surface area is 110 Å². The van der Waals surface area contributed by atoms with E-state index in [4.69, 9.17) is 0 Å². The molecule has 0 atom stereocenters. The number of hydrogen-bond acceptors (Lipinski definition) is 2. The van der Waals surface area contributed by atoms with Crippen molar-refractivity contribution in [1.82, 2.24) is 0 Å². The van der Waals surface area contributed by atoms with Gasteiger partial charge in [0.05, 0.1) is 4.47 Å². The Balaban J connectivity index is 2.22. The predicted molar refractivity (Wildman–Crippen MR) is 62.4 cm³/mol. The van der Waals surface area contributed by atoms with Crippen LogP contribution in [0.1, 0.15) is 12.8 Å². The van der Waals surface area contributed by atoms with Gasteiger partial charge < -0.3 is 9.64 Å². The summed E-state index contributed by atoms with van der Waals surface area (Å²) in [5.41, 5.74) is 0.568. The number of benzene rings is 1. The second-order valence-electron chi connectivity index (χ2n) is 3.81. The lowest BCUT2D eigenvalue weighted by molar-refractivity contribution is -0.274. The molecule has 0 aliphatic carbocycles. The minimum absolute atomic E-state index is 0.0219. The third-order valence-electron chi connectivity index (χ3n) is 2.53. The fraction of sp³-hybridized carbons (Fsp3) is 0.364. The molecule has 0 radical (unpaired) electrons. The van der Waals surface area contributed by atoms with Crippen LogP contribution in [0.15, 0.2) is 22.7 Å². The lowest BCUT2D eigenvalue weighted by Crippen LogP contribution is -2.23. The summed E-state index contributed by atoms with van der Waals surface area (Å²) in [4.78, 5) is 13.0. The molecule has 1 fully saturated rings. The van der Waals surface area contributed by atoms with Crippen molar-refractivity contribution < 1.29 is 22.7 Å². The quantitative estimate of drug-likeness (QED) is 0.834. The molecule has 0 bridgehead atoms.